The summed E-state index contributed by atoms with van der Waals surface area (Å²) in [6.45, 7) is 3.85. The second-order valence-electron chi connectivity index (χ2n) is 3.07. The van der Waals surface area contributed by atoms with Gasteiger partial charge in [-0.2, -0.15) is 0 Å². The van der Waals surface area contributed by atoms with E-state index in [1.165, 1.54) is 12.3 Å². The molecule has 14 heavy (non-hydrogen) atoms. The van der Waals surface area contributed by atoms with Crippen LogP contribution in [0.2, 0.25) is 0 Å². The van der Waals surface area contributed by atoms with Crippen molar-refractivity contribution in [1.82, 2.24) is 15.3 Å². The highest BCUT2D eigenvalue weighted by Gasteiger charge is 2.09. The van der Waals surface area contributed by atoms with Crippen LogP contribution in [0.4, 0.5) is 0 Å². The van der Waals surface area contributed by atoms with Crippen LogP contribution in [-0.4, -0.2) is 21.9 Å². The minimum absolute atomic E-state index is 0.0535. The first kappa shape index (κ1) is 10.4. The van der Waals surface area contributed by atoms with Crippen molar-refractivity contribution in [3.63, 3.8) is 0 Å². The molecule has 0 spiro atoms. The lowest BCUT2D eigenvalue weighted by molar-refractivity contribution is 0.0928. The Morgan fingerprint density at radius 2 is 2.43 bits per heavy atom. The molecule has 2 N–H and O–H groups in total. The predicted molar refractivity (Wildman–Crippen MR) is 52.1 cm³/mol. The van der Waals surface area contributed by atoms with E-state index in [0.717, 1.165) is 6.42 Å². The van der Waals surface area contributed by atoms with Crippen molar-refractivity contribution < 1.29 is 4.79 Å². The molecule has 1 atom stereocenters. The van der Waals surface area contributed by atoms with Gasteiger partial charge < -0.3 is 10.3 Å². The first-order valence-electron chi connectivity index (χ1n) is 4.49. The van der Waals surface area contributed by atoms with E-state index in [2.05, 4.69) is 15.3 Å². The van der Waals surface area contributed by atoms with E-state index < -0.39 is 0 Å². The summed E-state index contributed by atoms with van der Waals surface area (Å²) in [6, 6.07) is 1.34. The molecule has 1 heterocycles. The third-order valence-electron chi connectivity index (χ3n) is 1.88. The monoisotopic (exact) mass is 195 g/mol. The van der Waals surface area contributed by atoms with Gasteiger partial charge in [0.2, 0.25) is 0 Å². The summed E-state index contributed by atoms with van der Waals surface area (Å²) in [5, 5.41) is 2.70. The van der Waals surface area contributed by atoms with Gasteiger partial charge in [-0.05, 0) is 13.3 Å². The van der Waals surface area contributed by atoms with Crippen LogP contribution in [0.5, 0.6) is 0 Å². The number of nitrogens with one attached hydrogen (secondary N) is 2. The number of amides is 1. The van der Waals surface area contributed by atoms with Gasteiger partial charge in [0.25, 0.3) is 11.5 Å². The third-order valence-corrected chi connectivity index (χ3v) is 1.88. The number of carbonyl (C=O) groups is 1. The van der Waals surface area contributed by atoms with E-state index >= 15 is 0 Å². The number of nitrogens with zero attached hydrogens (tertiary/aromatic N) is 1. The lowest BCUT2D eigenvalue weighted by atomic mass is 10.2. The smallest absolute Gasteiger partial charge is 0.287 e. The maximum atomic E-state index is 11.4. The Labute approximate surface area is 81.6 Å². The second kappa shape index (κ2) is 4.55. The molecule has 1 aromatic rings. The fourth-order valence-electron chi connectivity index (χ4n) is 0.880. The van der Waals surface area contributed by atoms with E-state index in [-0.39, 0.29) is 23.3 Å². The highest BCUT2D eigenvalue weighted by molar-refractivity contribution is 5.90. The Bertz CT molecular complexity index is 372. The lowest BCUT2D eigenvalue weighted by Crippen LogP contribution is -2.34. The highest BCUT2D eigenvalue weighted by Crippen LogP contribution is 1.91. The van der Waals surface area contributed by atoms with E-state index in [0.29, 0.717) is 0 Å². The van der Waals surface area contributed by atoms with Gasteiger partial charge in [0.15, 0.2) is 5.82 Å². The van der Waals surface area contributed by atoms with Crippen LogP contribution >= 0.6 is 0 Å². The molecular weight excluding hydrogens is 182 g/mol. The van der Waals surface area contributed by atoms with Gasteiger partial charge >= 0.3 is 0 Å². The number of carbonyl (C=O) groups excluding carboxylic acids is 1. The summed E-state index contributed by atoms with van der Waals surface area (Å²) in [6.07, 6.45) is 2.15. The normalized spacial score (nSPS) is 12.1. The third kappa shape index (κ3) is 2.69. The van der Waals surface area contributed by atoms with Crippen LogP contribution in [0.15, 0.2) is 17.1 Å². The van der Waals surface area contributed by atoms with Gasteiger partial charge in [0, 0.05) is 18.3 Å². The van der Waals surface area contributed by atoms with Crippen molar-refractivity contribution >= 4 is 5.91 Å². The fourth-order valence-corrected chi connectivity index (χ4v) is 0.880. The molecule has 0 bridgehead atoms. The Balaban J connectivity index is 2.75. The summed E-state index contributed by atoms with van der Waals surface area (Å²) in [7, 11) is 0. The average molecular weight is 195 g/mol. The zero-order chi connectivity index (χ0) is 10.6. The number of hydrogen-bond acceptors (Lipinski definition) is 3. The van der Waals surface area contributed by atoms with E-state index in [1.807, 2.05) is 13.8 Å². The average Bonchev–Trinajstić information content (AvgIpc) is 2.17. The van der Waals surface area contributed by atoms with Crippen molar-refractivity contribution in [3.8, 4) is 0 Å². The van der Waals surface area contributed by atoms with Crippen molar-refractivity contribution in [3.05, 3.63) is 28.4 Å². The Kier molecular flexibility index (Phi) is 3.39. The summed E-state index contributed by atoms with van der Waals surface area (Å²) >= 11 is 0. The van der Waals surface area contributed by atoms with Crippen LogP contribution < -0.4 is 10.9 Å². The number of rotatable bonds is 3. The van der Waals surface area contributed by atoms with Crippen LogP contribution in [-0.2, 0) is 0 Å². The van der Waals surface area contributed by atoms with Crippen molar-refractivity contribution in [2.75, 3.05) is 0 Å². The van der Waals surface area contributed by atoms with E-state index in [1.54, 1.807) is 0 Å². The van der Waals surface area contributed by atoms with Gasteiger partial charge in [-0.1, -0.05) is 6.92 Å². The van der Waals surface area contributed by atoms with Crippen LogP contribution in [0.1, 0.15) is 30.9 Å². The minimum atomic E-state index is -0.350. The lowest BCUT2D eigenvalue weighted by Gasteiger charge is -2.09. The number of aromatic nitrogens is 2. The largest absolute Gasteiger partial charge is 0.347 e. The molecule has 0 saturated heterocycles. The summed E-state index contributed by atoms with van der Waals surface area (Å²) in [4.78, 5) is 28.4. The maximum Gasteiger partial charge on any atom is 0.287 e. The Hall–Kier alpha value is -1.65. The molecule has 1 rings (SSSR count). The molecule has 1 amide bonds. The first-order valence-corrected chi connectivity index (χ1v) is 4.49. The zero-order valence-electron chi connectivity index (χ0n) is 8.20. The Morgan fingerprint density at radius 1 is 1.71 bits per heavy atom. The highest BCUT2D eigenvalue weighted by atomic mass is 16.2. The molecule has 0 aliphatic rings. The quantitative estimate of drug-likeness (QED) is 0.728. The molecule has 0 fully saturated rings. The molecular formula is C9H13N3O2. The molecule has 0 aromatic carbocycles. The second-order valence-corrected chi connectivity index (χ2v) is 3.07. The van der Waals surface area contributed by atoms with Crippen molar-refractivity contribution in [2.45, 2.75) is 26.3 Å². The van der Waals surface area contributed by atoms with Crippen LogP contribution in [0.25, 0.3) is 0 Å². The molecule has 0 saturated carbocycles. The Morgan fingerprint density at radius 3 is 3.00 bits per heavy atom. The van der Waals surface area contributed by atoms with Gasteiger partial charge in [-0.3, -0.25) is 9.59 Å². The molecule has 1 aromatic heterocycles. The molecule has 0 radical (unpaired) electrons. The van der Waals surface area contributed by atoms with E-state index in [9.17, 15) is 9.59 Å². The molecule has 76 valence electrons. The van der Waals surface area contributed by atoms with E-state index in [4.69, 9.17) is 0 Å². The molecule has 1 unspecified atom stereocenters. The zero-order valence-corrected chi connectivity index (χ0v) is 8.20. The molecule has 5 heteroatoms. The van der Waals surface area contributed by atoms with Crippen LogP contribution in [0.3, 0.4) is 0 Å². The summed E-state index contributed by atoms with van der Waals surface area (Å²) < 4.78 is 0. The van der Waals surface area contributed by atoms with Crippen molar-refractivity contribution in [2.24, 2.45) is 0 Å². The molecule has 5 nitrogen and oxygen atoms in total. The topological polar surface area (TPSA) is 74.8 Å². The van der Waals surface area contributed by atoms with Crippen molar-refractivity contribution in [1.29, 1.82) is 0 Å². The van der Waals surface area contributed by atoms with Gasteiger partial charge in [0.05, 0.1) is 0 Å². The fraction of sp³-hybridized carbons (Fsp3) is 0.444. The molecule has 0 aliphatic heterocycles. The number of H-pyrrole nitrogens is 1. The molecule has 0 aliphatic carbocycles. The van der Waals surface area contributed by atoms with Crippen LogP contribution in [0, 0.1) is 0 Å². The van der Waals surface area contributed by atoms with Gasteiger partial charge in [0.1, 0.15) is 0 Å². The summed E-state index contributed by atoms with van der Waals surface area (Å²) in [5.41, 5.74) is -0.325. The van der Waals surface area contributed by atoms with Gasteiger partial charge in [-0.15, -0.1) is 0 Å². The van der Waals surface area contributed by atoms with Gasteiger partial charge in [-0.25, -0.2) is 4.98 Å². The summed E-state index contributed by atoms with van der Waals surface area (Å²) in [5.74, 6) is -0.296. The minimum Gasteiger partial charge on any atom is -0.347 e. The number of hydrogen-bond donors (Lipinski definition) is 2. The predicted octanol–water partition coefficient (Wildman–Crippen LogP) is 0.298. The number of aromatic amines is 1. The first-order chi connectivity index (χ1) is 6.63. The SMILES string of the molecule is CCC(C)NC(=O)c1nccc(=O)[nH]1. The maximum absolute atomic E-state index is 11.4. The standard InChI is InChI=1S/C9H13N3O2/c1-3-6(2)11-9(14)8-10-5-4-7(13)12-8/h4-6H,3H2,1-2H3,(H,11,14)(H,10,12,13).